The van der Waals surface area contributed by atoms with E-state index >= 15 is 0 Å². The van der Waals surface area contributed by atoms with Gasteiger partial charge in [-0.2, -0.15) is 5.26 Å². The fraction of sp³-hybridized carbons (Fsp3) is 0.167. The van der Waals surface area contributed by atoms with Crippen LogP contribution < -0.4 is 0 Å². The number of carboxylic acid groups (broad SMARTS) is 1. The van der Waals surface area contributed by atoms with E-state index in [9.17, 15) is 4.79 Å². The summed E-state index contributed by atoms with van der Waals surface area (Å²) in [7, 11) is 0. The van der Waals surface area contributed by atoms with Gasteiger partial charge in [-0.25, -0.2) is 24.7 Å². The number of aryl methyl sites for hydroxylation is 2. The van der Waals surface area contributed by atoms with Gasteiger partial charge in [0.05, 0.1) is 0 Å². The Labute approximate surface area is 109 Å². The predicted octanol–water partition coefficient (Wildman–Crippen LogP) is 1.14. The molecule has 0 aromatic carbocycles. The Bertz CT molecular complexity index is 622. The van der Waals surface area contributed by atoms with Crippen LogP contribution in [0.15, 0.2) is 24.5 Å². The number of nitriles is 1. The van der Waals surface area contributed by atoms with Gasteiger partial charge >= 0.3 is 5.97 Å². The first-order valence-electron chi connectivity index (χ1n) is 5.25. The third-order valence-corrected chi connectivity index (χ3v) is 1.88. The molecule has 2 heterocycles. The van der Waals surface area contributed by atoms with Crippen LogP contribution in [0.3, 0.4) is 0 Å². The van der Waals surface area contributed by atoms with Crippen LogP contribution in [0.5, 0.6) is 0 Å². The van der Waals surface area contributed by atoms with Crippen molar-refractivity contribution in [2.24, 2.45) is 0 Å². The van der Waals surface area contributed by atoms with Crippen molar-refractivity contribution in [3.05, 3.63) is 47.6 Å². The van der Waals surface area contributed by atoms with Crippen molar-refractivity contribution in [3.63, 3.8) is 0 Å². The fourth-order valence-electron chi connectivity index (χ4n) is 1.05. The molecule has 0 fully saturated rings. The molecule has 0 bridgehead atoms. The molecule has 96 valence electrons. The van der Waals surface area contributed by atoms with Crippen molar-refractivity contribution in [1.82, 2.24) is 19.9 Å². The normalized spacial score (nSPS) is 8.89. The highest BCUT2D eigenvalue weighted by molar-refractivity contribution is 5.82. The van der Waals surface area contributed by atoms with Gasteiger partial charge < -0.3 is 5.11 Å². The first kappa shape index (κ1) is 14.2. The summed E-state index contributed by atoms with van der Waals surface area (Å²) in [6, 6.07) is 5.24. The molecule has 0 saturated carbocycles. The Hall–Kier alpha value is -2.88. The van der Waals surface area contributed by atoms with Crippen molar-refractivity contribution in [2.75, 3.05) is 0 Å². The molecule has 0 spiro atoms. The molecule has 0 aliphatic heterocycles. The van der Waals surface area contributed by atoms with Gasteiger partial charge in [0.15, 0.2) is 0 Å². The highest BCUT2D eigenvalue weighted by atomic mass is 16.4. The standard InChI is InChI=1S/C6H5N3.C6H6N2O2/c1-5-2-3-8-6(4-7)9-5;1-4-2-3-7-5(8-4)6(9)10/h2-3H,1H3;2-3H,1H3,(H,9,10). The second-order valence-corrected chi connectivity index (χ2v) is 3.46. The number of nitrogens with zero attached hydrogens (tertiary/aromatic N) is 5. The second kappa shape index (κ2) is 6.76. The molecule has 1 N–H and O–H groups in total. The lowest BCUT2D eigenvalue weighted by Gasteiger charge is -1.91. The maximum atomic E-state index is 10.2. The number of rotatable bonds is 1. The van der Waals surface area contributed by atoms with E-state index in [1.165, 1.54) is 6.20 Å². The zero-order chi connectivity index (χ0) is 14.3. The van der Waals surface area contributed by atoms with Crippen molar-refractivity contribution in [1.29, 1.82) is 5.26 Å². The summed E-state index contributed by atoms with van der Waals surface area (Å²) >= 11 is 0. The van der Waals surface area contributed by atoms with Crippen LogP contribution in [0, 0.1) is 25.2 Å². The SMILES string of the molecule is Cc1ccnc(C#N)n1.Cc1ccnc(C(=O)O)n1. The van der Waals surface area contributed by atoms with E-state index < -0.39 is 5.97 Å². The third-order valence-electron chi connectivity index (χ3n) is 1.88. The summed E-state index contributed by atoms with van der Waals surface area (Å²) in [5.41, 5.74) is 1.48. The molecule has 0 aliphatic rings. The van der Waals surface area contributed by atoms with Crippen LogP contribution >= 0.6 is 0 Å². The van der Waals surface area contributed by atoms with E-state index in [4.69, 9.17) is 10.4 Å². The van der Waals surface area contributed by atoms with E-state index in [0.717, 1.165) is 5.69 Å². The smallest absolute Gasteiger partial charge is 0.373 e. The van der Waals surface area contributed by atoms with Crippen molar-refractivity contribution < 1.29 is 9.90 Å². The van der Waals surface area contributed by atoms with Crippen LogP contribution in [0.4, 0.5) is 0 Å². The van der Waals surface area contributed by atoms with E-state index in [-0.39, 0.29) is 11.6 Å². The maximum absolute atomic E-state index is 10.2. The van der Waals surface area contributed by atoms with Gasteiger partial charge in [-0.3, -0.25) is 0 Å². The maximum Gasteiger partial charge on any atom is 0.373 e. The number of carboxylic acids is 1. The van der Waals surface area contributed by atoms with Gasteiger partial charge in [0.2, 0.25) is 11.6 Å². The van der Waals surface area contributed by atoms with E-state index in [2.05, 4.69) is 19.9 Å². The zero-order valence-corrected chi connectivity index (χ0v) is 10.4. The largest absolute Gasteiger partial charge is 0.475 e. The average molecular weight is 257 g/mol. The Morgan fingerprint density at radius 3 is 2.11 bits per heavy atom. The van der Waals surface area contributed by atoms with Crippen molar-refractivity contribution >= 4 is 5.97 Å². The summed E-state index contributed by atoms with van der Waals surface area (Å²) < 4.78 is 0. The van der Waals surface area contributed by atoms with E-state index in [1.807, 2.05) is 13.0 Å². The van der Waals surface area contributed by atoms with Gasteiger partial charge in [0, 0.05) is 23.8 Å². The number of carbonyl (C=O) groups is 1. The van der Waals surface area contributed by atoms with E-state index in [1.54, 1.807) is 25.3 Å². The van der Waals surface area contributed by atoms with Gasteiger partial charge in [0.25, 0.3) is 0 Å². The minimum absolute atomic E-state index is 0.153. The molecule has 0 saturated heterocycles. The fourth-order valence-corrected chi connectivity index (χ4v) is 1.05. The molecule has 0 aliphatic carbocycles. The number of hydrogen-bond donors (Lipinski definition) is 1. The lowest BCUT2D eigenvalue weighted by molar-refractivity contribution is 0.0683. The third kappa shape index (κ3) is 4.87. The minimum atomic E-state index is -1.09. The highest BCUT2D eigenvalue weighted by Gasteiger charge is 2.03. The summed E-state index contributed by atoms with van der Waals surface area (Å²) in [6.45, 7) is 3.54. The molecule has 0 radical (unpaired) electrons. The topological polar surface area (TPSA) is 113 Å². The molecule has 2 rings (SSSR count). The highest BCUT2D eigenvalue weighted by Crippen LogP contribution is 1.92. The minimum Gasteiger partial charge on any atom is -0.475 e. The van der Waals surface area contributed by atoms with Crippen LogP contribution in [0.25, 0.3) is 0 Å². The Morgan fingerprint density at radius 2 is 1.74 bits per heavy atom. The first-order valence-corrected chi connectivity index (χ1v) is 5.25. The average Bonchev–Trinajstić information content (AvgIpc) is 2.39. The van der Waals surface area contributed by atoms with Crippen LogP contribution in [-0.4, -0.2) is 31.0 Å². The summed E-state index contributed by atoms with van der Waals surface area (Å²) in [5.74, 6) is -1.02. The van der Waals surface area contributed by atoms with Gasteiger partial charge in [-0.15, -0.1) is 0 Å². The van der Waals surface area contributed by atoms with Crippen LogP contribution in [-0.2, 0) is 0 Å². The first-order chi connectivity index (χ1) is 9.02. The summed E-state index contributed by atoms with van der Waals surface area (Å²) in [4.78, 5) is 24.9. The van der Waals surface area contributed by atoms with Crippen molar-refractivity contribution in [2.45, 2.75) is 13.8 Å². The van der Waals surface area contributed by atoms with Gasteiger partial charge in [-0.1, -0.05) is 0 Å². The van der Waals surface area contributed by atoms with Crippen molar-refractivity contribution in [3.8, 4) is 6.07 Å². The molecule has 0 atom stereocenters. The Morgan fingerprint density at radius 1 is 1.16 bits per heavy atom. The number of aromatic nitrogens is 4. The predicted molar refractivity (Wildman–Crippen MR) is 65.2 cm³/mol. The number of hydrogen-bond acceptors (Lipinski definition) is 6. The molecule has 7 heteroatoms. The van der Waals surface area contributed by atoms with Crippen LogP contribution in [0.2, 0.25) is 0 Å². The molecular weight excluding hydrogens is 246 g/mol. The van der Waals surface area contributed by atoms with Gasteiger partial charge in [0.1, 0.15) is 6.07 Å². The Kier molecular flexibility index (Phi) is 5.04. The lowest BCUT2D eigenvalue weighted by Crippen LogP contribution is -2.03. The summed E-state index contributed by atoms with van der Waals surface area (Å²) in [6.07, 6.45) is 2.99. The molecule has 0 amide bonds. The zero-order valence-electron chi connectivity index (χ0n) is 10.4. The second-order valence-electron chi connectivity index (χ2n) is 3.46. The molecule has 7 nitrogen and oxygen atoms in total. The molecule has 0 unspecified atom stereocenters. The molecular formula is C12H11N5O2. The molecule has 19 heavy (non-hydrogen) atoms. The lowest BCUT2D eigenvalue weighted by atomic mass is 10.4. The van der Waals surface area contributed by atoms with Gasteiger partial charge in [-0.05, 0) is 26.0 Å². The van der Waals surface area contributed by atoms with E-state index in [0.29, 0.717) is 5.69 Å². The monoisotopic (exact) mass is 257 g/mol. The van der Waals surface area contributed by atoms with Crippen LogP contribution in [0.1, 0.15) is 27.8 Å². The quantitative estimate of drug-likeness (QED) is 0.814. The molecule has 2 aromatic rings. The Balaban J connectivity index is 0.000000191. The molecule has 2 aromatic heterocycles. The number of aromatic carboxylic acids is 1. The summed E-state index contributed by atoms with van der Waals surface area (Å²) in [5, 5.41) is 16.7.